The van der Waals surface area contributed by atoms with Crippen molar-refractivity contribution in [2.24, 2.45) is 11.8 Å². The highest BCUT2D eigenvalue weighted by atomic mass is 16.6. The lowest BCUT2D eigenvalue weighted by Gasteiger charge is -2.27. The van der Waals surface area contributed by atoms with Crippen molar-refractivity contribution in [2.45, 2.75) is 170 Å². The Morgan fingerprint density at radius 2 is 1.12 bits per heavy atom. The van der Waals surface area contributed by atoms with Crippen LogP contribution in [0.4, 0.5) is 4.79 Å². The van der Waals surface area contributed by atoms with Gasteiger partial charge in [0.1, 0.15) is 18.8 Å². The van der Waals surface area contributed by atoms with Crippen LogP contribution in [0.25, 0.3) is 0 Å². The summed E-state index contributed by atoms with van der Waals surface area (Å²) in [5.74, 6) is 0.224. The van der Waals surface area contributed by atoms with Crippen molar-refractivity contribution < 1.29 is 28.6 Å². The largest absolute Gasteiger partial charge is 0.464 e. The van der Waals surface area contributed by atoms with E-state index in [0.717, 1.165) is 57.8 Å². The number of hydrogen-bond donors (Lipinski definition) is 0. The van der Waals surface area contributed by atoms with Crippen LogP contribution in [0.5, 0.6) is 0 Å². The summed E-state index contributed by atoms with van der Waals surface area (Å²) in [7, 11) is 0. The molecule has 0 aromatic heterocycles. The van der Waals surface area contributed by atoms with Crippen molar-refractivity contribution >= 4 is 18.0 Å². The third-order valence-electron chi connectivity index (χ3n) is 7.44. The zero-order valence-electron chi connectivity index (χ0n) is 28.6. The highest BCUT2D eigenvalue weighted by Crippen LogP contribution is 2.21. The Kier molecular flexibility index (Phi) is 24.6. The Bertz CT molecular complexity index is 687. The van der Waals surface area contributed by atoms with Gasteiger partial charge in [0, 0.05) is 6.42 Å². The van der Waals surface area contributed by atoms with Gasteiger partial charge >= 0.3 is 18.0 Å². The maximum atomic E-state index is 13.0. The molecule has 0 aliphatic heterocycles. The summed E-state index contributed by atoms with van der Waals surface area (Å²) >= 11 is 0. The minimum atomic E-state index is -0.654. The molecule has 0 radical (unpaired) electrons. The molecule has 0 rings (SSSR count). The second kappa shape index (κ2) is 25.7. The minimum absolute atomic E-state index is 0.0886. The molecule has 0 aliphatic rings. The van der Waals surface area contributed by atoms with Crippen molar-refractivity contribution in [1.82, 2.24) is 4.90 Å². The van der Waals surface area contributed by atoms with Crippen molar-refractivity contribution in [3.63, 3.8) is 0 Å². The van der Waals surface area contributed by atoms with Gasteiger partial charge in [0.15, 0.2) is 0 Å². The van der Waals surface area contributed by atoms with E-state index in [9.17, 15) is 14.4 Å². The molecule has 0 saturated heterocycles. The Morgan fingerprint density at radius 3 is 1.67 bits per heavy atom. The molecule has 7 heteroatoms. The molecule has 0 aromatic rings. The van der Waals surface area contributed by atoms with Gasteiger partial charge in [-0.05, 0) is 46.0 Å². The summed E-state index contributed by atoms with van der Waals surface area (Å²) in [5, 5.41) is 0. The number of unbranched alkanes of at least 4 members (excludes halogenated alkanes) is 11. The van der Waals surface area contributed by atoms with Gasteiger partial charge < -0.3 is 19.1 Å². The van der Waals surface area contributed by atoms with E-state index in [2.05, 4.69) is 27.7 Å². The topological polar surface area (TPSA) is 82.1 Å². The number of amides is 1. The number of esters is 2. The van der Waals surface area contributed by atoms with Crippen LogP contribution >= 0.6 is 0 Å². The van der Waals surface area contributed by atoms with Crippen LogP contribution in [0.3, 0.4) is 0 Å². The summed E-state index contributed by atoms with van der Waals surface area (Å²) in [6.45, 7) is 14.9. The van der Waals surface area contributed by atoms with E-state index in [1.54, 1.807) is 0 Å². The van der Waals surface area contributed by atoms with E-state index >= 15 is 0 Å². The Hall–Kier alpha value is -1.79. The molecule has 7 nitrogen and oxygen atoms in total. The van der Waals surface area contributed by atoms with E-state index in [4.69, 9.17) is 14.2 Å². The van der Waals surface area contributed by atoms with E-state index in [1.807, 2.05) is 20.8 Å². The molecule has 248 valence electrons. The molecular formula is C35H67NO6. The molecule has 0 aliphatic carbocycles. The fourth-order valence-electron chi connectivity index (χ4n) is 4.88. The van der Waals surface area contributed by atoms with Gasteiger partial charge in [-0.3, -0.25) is 9.59 Å². The number of carbonyl (C=O) groups excluding carboxylic acids is 3. The molecule has 0 fully saturated rings. The molecule has 1 atom stereocenters. The maximum absolute atomic E-state index is 13.0. The van der Waals surface area contributed by atoms with Gasteiger partial charge in [-0.15, -0.1) is 0 Å². The van der Waals surface area contributed by atoms with Crippen LogP contribution in [0, 0.1) is 11.8 Å². The van der Waals surface area contributed by atoms with Gasteiger partial charge in [-0.2, -0.15) is 0 Å². The minimum Gasteiger partial charge on any atom is -0.464 e. The Labute approximate surface area is 259 Å². The Morgan fingerprint density at radius 1 is 0.643 bits per heavy atom. The van der Waals surface area contributed by atoms with Crippen molar-refractivity contribution in [2.75, 3.05) is 26.3 Å². The molecule has 0 N–H and O–H groups in total. The van der Waals surface area contributed by atoms with Gasteiger partial charge in [0.25, 0.3) is 0 Å². The van der Waals surface area contributed by atoms with Gasteiger partial charge in [-0.1, -0.05) is 118 Å². The van der Waals surface area contributed by atoms with Crippen molar-refractivity contribution in [1.29, 1.82) is 0 Å². The van der Waals surface area contributed by atoms with Gasteiger partial charge in [0.2, 0.25) is 0 Å². The molecule has 1 amide bonds. The summed E-state index contributed by atoms with van der Waals surface area (Å²) in [6, 6.07) is 0. The molecule has 0 heterocycles. The maximum Gasteiger partial charge on any atom is 0.410 e. The van der Waals surface area contributed by atoms with Crippen LogP contribution in [0.15, 0.2) is 0 Å². The lowest BCUT2D eigenvalue weighted by Crippen LogP contribution is -2.41. The third kappa shape index (κ3) is 24.8. The van der Waals surface area contributed by atoms with E-state index in [0.29, 0.717) is 12.3 Å². The van der Waals surface area contributed by atoms with Crippen molar-refractivity contribution in [3.8, 4) is 0 Å². The van der Waals surface area contributed by atoms with Crippen molar-refractivity contribution in [3.05, 3.63) is 0 Å². The molecule has 0 spiro atoms. The molecule has 0 saturated carbocycles. The fourth-order valence-corrected chi connectivity index (χ4v) is 4.88. The smallest absolute Gasteiger partial charge is 0.410 e. The number of hydrogen-bond acceptors (Lipinski definition) is 6. The highest BCUT2D eigenvalue weighted by molar-refractivity contribution is 5.72. The van der Waals surface area contributed by atoms with Crippen LogP contribution in [-0.4, -0.2) is 54.8 Å². The SMILES string of the molecule is CCCCCCCCC(CCCCCC)C(=O)OCCN(CCOC(=O)CCCCCCC(C)C)C(=O)OC(C)(C)C. The quantitative estimate of drug-likeness (QED) is 0.0561. The molecule has 42 heavy (non-hydrogen) atoms. The van der Waals surface area contributed by atoms with Crippen LogP contribution in [0.1, 0.15) is 164 Å². The molecule has 0 bridgehead atoms. The van der Waals surface area contributed by atoms with E-state index in [-0.39, 0.29) is 44.2 Å². The highest BCUT2D eigenvalue weighted by Gasteiger charge is 2.24. The average molecular weight is 598 g/mol. The lowest BCUT2D eigenvalue weighted by atomic mass is 9.94. The molecular weight excluding hydrogens is 530 g/mol. The molecule has 1 unspecified atom stereocenters. The average Bonchev–Trinajstić information content (AvgIpc) is 2.91. The second-order valence-corrected chi connectivity index (χ2v) is 13.3. The lowest BCUT2D eigenvalue weighted by molar-refractivity contribution is -0.149. The van der Waals surface area contributed by atoms with E-state index in [1.165, 1.54) is 56.3 Å². The first kappa shape index (κ1) is 40.2. The number of nitrogens with zero attached hydrogens (tertiary/aromatic N) is 1. The predicted octanol–water partition coefficient (Wildman–Crippen LogP) is 9.64. The number of rotatable bonds is 26. The third-order valence-corrected chi connectivity index (χ3v) is 7.44. The van der Waals surface area contributed by atoms with Gasteiger partial charge in [0.05, 0.1) is 19.0 Å². The first-order chi connectivity index (χ1) is 20.0. The summed E-state index contributed by atoms with van der Waals surface area (Å²) < 4.78 is 16.7. The van der Waals surface area contributed by atoms with E-state index < -0.39 is 11.7 Å². The fraction of sp³-hybridized carbons (Fsp3) is 0.914. The number of ether oxygens (including phenoxy) is 3. The predicted molar refractivity (Wildman–Crippen MR) is 173 cm³/mol. The zero-order valence-corrected chi connectivity index (χ0v) is 28.6. The monoisotopic (exact) mass is 597 g/mol. The van der Waals surface area contributed by atoms with Gasteiger partial charge in [-0.25, -0.2) is 4.79 Å². The first-order valence-corrected chi connectivity index (χ1v) is 17.3. The number of carbonyl (C=O) groups is 3. The summed E-state index contributed by atoms with van der Waals surface area (Å²) in [4.78, 5) is 39.5. The van der Waals surface area contributed by atoms with Crippen LogP contribution in [0.2, 0.25) is 0 Å². The second-order valence-electron chi connectivity index (χ2n) is 13.3. The summed E-state index contributed by atoms with van der Waals surface area (Å²) in [5.41, 5.74) is -0.654. The zero-order chi connectivity index (χ0) is 31.6. The summed E-state index contributed by atoms with van der Waals surface area (Å²) in [6.07, 6.45) is 18.7. The van der Waals surface area contributed by atoms with Crippen LogP contribution in [-0.2, 0) is 23.8 Å². The Balaban J connectivity index is 4.75. The normalized spacial score (nSPS) is 12.3. The first-order valence-electron chi connectivity index (χ1n) is 17.3. The molecule has 0 aromatic carbocycles. The van der Waals surface area contributed by atoms with Crippen LogP contribution < -0.4 is 0 Å². The standard InChI is InChI=1S/C35H67NO6/c1-8-10-12-14-15-20-24-31(23-19-13-11-9-2)33(38)41-29-27-36(34(39)42-35(5,6)7)26-28-40-32(37)25-21-17-16-18-22-30(3)4/h30-31H,8-29H2,1-7H3.